The Labute approximate surface area is 162 Å². The van der Waals surface area contributed by atoms with Crippen molar-refractivity contribution >= 4 is 29.3 Å². The van der Waals surface area contributed by atoms with E-state index in [4.69, 9.17) is 0 Å². The Morgan fingerprint density at radius 1 is 1.22 bits per heavy atom. The summed E-state index contributed by atoms with van der Waals surface area (Å²) < 4.78 is 13.6. The first-order chi connectivity index (χ1) is 12.9. The van der Waals surface area contributed by atoms with Crippen molar-refractivity contribution in [2.75, 3.05) is 17.2 Å². The highest BCUT2D eigenvalue weighted by atomic mass is 32.2. The van der Waals surface area contributed by atoms with Crippen molar-refractivity contribution in [2.24, 2.45) is 5.92 Å². The number of carbonyl (C=O) groups excluding carboxylic acids is 2. The van der Waals surface area contributed by atoms with E-state index in [1.807, 2.05) is 44.2 Å². The highest BCUT2D eigenvalue weighted by molar-refractivity contribution is 8.01. The van der Waals surface area contributed by atoms with Gasteiger partial charge in [-0.05, 0) is 23.8 Å². The van der Waals surface area contributed by atoms with E-state index in [0.29, 0.717) is 12.3 Å². The van der Waals surface area contributed by atoms with Gasteiger partial charge in [-0.3, -0.25) is 9.59 Å². The smallest absolute Gasteiger partial charge is 0.268 e. The molecule has 2 aromatic rings. The normalized spacial score (nSPS) is 21.4. The molecule has 0 aliphatic carbocycles. The highest BCUT2D eigenvalue weighted by Crippen LogP contribution is 2.54. The second-order valence-electron chi connectivity index (χ2n) is 7.18. The maximum atomic E-state index is 13.6. The molecule has 0 unspecified atom stereocenters. The Morgan fingerprint density at radius 3 is 2.74 bits per heavy atom. The minimum atomic E-state index is -1.01. The molecule has 2 aromatic carbocycles. The van der Waals surface area contributed by atoms with Crippen LogP contribution in [0.1, 0.15) is 25.0 Å². The van der Waals surface area contributed by atoms with Gasteiger partial charge in [0, 0.05) is 23.8 Å². The molecule has 140 valence electrons. The van der Waals surface area contributed by atoms with Gasteiger partial charge < -0.3 is 9.80 Å². The van der Waals surface area contributed by atoms with Gasteiger partial charge in [0.05, 0.1) is 12.2 Å². The molecule has 1 fully saturated rings. The summed E-state index contributed by atoms with van der Waals surface area (Å²) in [5.74, 6) is 0.0683. The Hall–Kier alpha value is -2.34. The third kappa shape index (κ3) is 2.74. The molecule has 4 rings (SSSR count). The molecule has 2 aliphatic heterocycles. The van der Waals surface area contributed by atoms with Gasteiger partial charge in [0.25, 0.3) is 5.91 Å². The van der Waals surface area contributed by atoms with Crippen molar-refractivity contribution in [2.45, 2.75) is 25.3 Å². The fourth-order valence-electron chi connectivity index (χ4n) is 3.88. The lowest BCUT2D eigenvalue weighted by atomic mass is 10.0. The standard InChI is InChI=1S/C21H21FN2O2S/c1-14(2)19(25)24-10-11-27-21(24)17-8-3-4-9-18(17)23(20(21)26)13-15-6-5-7-16(22)12-15/h3-9,12,14H,10-11,13H2,1-2H3/t21-/m0/s1. The average Bonchev–Trinajstić information content (AvgIpc) is 3.19. The minimum absolute atomic E-state index is 0.0178. The minimum Gasteiger partial charge on any atom is -0.315 e. The molecular formula is C21H21FN2O2S. The van der Waals surface area contributed by atoms with Crippen molar-refractivity contribution in [3.8, 4) is 0 Å². The first-order valence-corrected chi connectivity index (χ1v) is 10.0. The van der Waals surface area contributed by atoms with Gasteiger partial charge in [-0.1, -0.05) is 44.2 Å². The highest BCUT2D eigenvalue weighted by Gasteiger charge is 2.59. The van der Waals surface area contributed by atoms with E-state index >= 15 is 0 Å². The van der Waals surface area contributed by atoms with Gasteiger partial charge >= 0.3 is 0 Å². The summed E-state index contributed by atoms with van der Waals surface area (Å²) in [5.41, 5.74) is 2.37. The number of halogens is 1. The van der Waals surface area contributed by atoms with E-state index in [-0.39, 0.29) is 30.1 Å². The number of hydrogen-bond donors (Lipinski definition) is 0. The zero-order valence-electron chi connectivity index (χ0n) is 15.3. The quantitative estimate of drug-likeness (QED) is 0.809. The number of anilines is 1. The zero-order chi connectivity index (χ0) is 19.2. The number of hydrogen-bond acceptors (Lipinski definition) is 3. The lowest BCUT2D eigenvalue weighted by molar-refractivity contribution is -0.142. The molecule has 0 aromatic heterocycles. The van der Waals surface area contributed by atoms with Crippen LogP contribution in [0.4, 0.5) is 10.1 Å². The zero-order valence-corrected chi connectivity index (χ0v) is 16.1. The lowest BCUT2D eigenvalue weighted by Crippen LogP contribution is -2.51. The van der Waals surface area contributed by atoms with Crippen molar-refractivity contribution < 1.29 is 14.0 Å². The van der Waals surface area contributed by atoms with E-state index in [1.165, 1.54) is 23.9 Å². The number of benzene rings is 2. The number of para-hydroxylation sites is 1. The average molecular weight is 384 g/mol. The summed E-state index contributed by atoms with van der Waals surface area (Å²) >= 11 is 1.51. The van der Waals surface area contributed by atoms with Crippen LogP contribution in [0.5, 0.6) is 0 Å². The molecule has 4 nitrogen and oxygen atoms in total. The van der Waals surface area contributed by atoms with Crippen LogP contribution in [0, 0.1) is 11.7 Å². The molecule has 1 saturated heterocycles. The Kier molecular flexibility index (Phi) is 4.46. The van der Waals surface area contributed by atoms with Gasteiger partial charge in [-0.15, -0.1) is 11.8 Å². The summed E-state index contributed by atoms with van der Waals surface area (Å²) in [6.45, 7) is 4.54. The van der Waals surface area contributed by atoms with E-state index < -0.39 is 4.87 Å². The van der Waals surface area contributed by atoms with Gasteiger partial charge in [0.15, 0.2) is 4.87 Å². The molecule has 27 heavy (non-hydrogen) atoms. The van der Waals surface area contributed by atoms with Crippen molar-refractivity contribution in [1.29, 1.82) is 0 Å². The predicted octanol–water partition coefficient (Wildman–Crippen LogP) is 3.76. The second-order valence-corrected chi connectivity index (χ2v) is 8.46. The van der Waals surface area contributed by atoms with E-state index in [9.17, 15) is 14.0 Å². The lowest BCUT2D eigenvalue weighted by Gasteiger charge is -2.34. The monoisotopic (exact) mass is 384 g/mol. The number of thioether (sulfide) groups is 1. The van der Waals surface area contributed by atoms with Crippen LogP contribution in [0.15, 0.2) is 48.5 Å². The summed E-state index contributed by atoms with van der Waals surface area (Å²) in [6.07, 6.45) is 0. The van der Waals surface area contributed by atoms with Crippen LogP contribution in [0.3, 0.4) is 0 Å². The van der Waals surface area contributed by atoms with Crippen molar-refractivity contribution in [1.82, 2.24) is 4.90 Å². The predicted molar refractivity (Wildman–Crippen MR) is 105 cm³/mol. The molecule has 0 radical (unpaired) electrons. The molecule has 2 aliphatic rings. The van der Waals surface area contributed by atoms with Crippen LogP contribution >= 0.6 is 11.8 Å². The first-order valence-electron chi connectivity index (χ1n) is 9.06. The van der Waals surface area contributed by atoms with Crippen LogP contribution < -0.4 is 4.90 Å². The SMILES string of the molecule is CC(C)C(=O)N1CCS[C@@]12C(=O)N(Cc1cccc(F)c1)c1ccccc12. The number of nitrogens with zero attached hydrogens (tertiary/aromatic N) is 2. The molecule has 0 saturated carbocycles. The summed E-state index contributed by atoms with van der Waals surface area (Å²) in [5, 5.41) is 0. The number of amides is 2. The van der Waals surface area contributed by atoms with Crippen LogP contribution in [-0.4, -0.2) is 29.0 Å². The molecular weight excluding hydrogens is 363 g/mol. The third-order valence-corrected chi connectivity index (χ3v) is 6.51. The largest absolute Gasteiger partial charge is 0.315 e. The van der Waals surface area contributed by atoms with Gasteiger partial charge in [0.1, 0.15) is 5.82 Å². The van der Waals surface area contributed by atoms with Gasteiger partial charge in [-0.25, -0.2) is 4.39 Å². The van der Waals surface area contributed by atoms with Crippen LogP contribution in [0.2, 0.25) is 0 Å². The van der Waals surface area contributed by atoms with Gasteiger partial charge in [-0.2, -0.15) is 0 Å². The second kappa shape index (κ2) is 6.68. The topological polar surface area (TPSA) is 40.6 Å². The molecule has 0 N–H and O–H groups in total. The summed E-state index contributed by atoms with van der Waals surface area (Å²) in [4.78, 5) is 28.9. The third-order valence-electron chi connectivity index (χ3n) is 5.09. The molecule has 1 atom stereocenters. The van der Waals surface area contributed by atoms with Gasteiger partial charge in [0.2, 0.25) is 5.91 Å². The maximum Gasteiger partial charge on any atom is 0.268 e. The fourth-order valence-corrected chi connectivity index (χ4v) is 5.34. The number of fused-ring (bicyclic) bond motifs is 2. The fraction of sp³-hybridized carbons (Fsp3) is 0.333. The molecule has 0 bridgehead atoms. The molecule has 6 heteroatoms. The molecule has 2 amide bonds. The first kappa shape index (κ1) is 18.0. The molecule has 2 heterocycles. The Morgan fingerprint density at radius 2 is 2.00 bits per heavy atom. The summed E-state index contributed by atoms with van der Waals surface area (Å²) in [7, 11) is 0. The van der Waals surface area contributed by atoms with Crippen LogP contribution in [-0.2, 0) is 21.0 Å². The van der Waals surface area contributed by atoms with Crippen molar-refractivity contribution in [3.63, 3.8) is 0 Å². The van der Waals surface area contributed by atoms with E-state index in [0.717, 1.165) is 16.8 Å². The van der Waals surface area contributed by atoms with E-state index in [1.54, 1.807) is 15.9 Å². The molecule has 1 spiro atoms. The van der Waals surface area contributed by atoms with Crippen LogP contribution in [0.25, 0.3) is 0 Å². The number of carbonyl (C=O) groups is 2. The van der Waals surface area contributed by atoms with E-state index in [2.05, 4.69) is 0 Å². The Balaban J connectivity index is 1.79. The maximum absolute atomic E-state index is 13.6. The summed E-state index contributed by atoms with van der Waals surface area (Å²) in [6, 6.07) is 13.9. The Bertz CT molecular complexity index is 917. The number of rotatable bonds is 3. The van der Waals surface area contributed by atoms with Crippen molar-refractivity contribution in [3.05, 3.63) is 65.5 Å².